The molecule has 5 nitrogen and oxygen atoms in total. The third-order valence-corrected chi connectivity index (χ3v) is 2.32. The van der Waals surface area contributed by atoms with Crippen LogP contribution >= 0.6 is 0 Å². The second-order valence-corrected chi connectivity index (χ2v) is 3.35. The van der Waals surface area contributed by atoms with Crippen molar-refractivity contribution >= 4 is 5.97 Å². The van der Waals surface area contributed by atoms with E-state index in [-0.39, 0.29) is 5.56 Å². The van der Waals surface area contributed by atoms with E-state index < -0.39 is 5.97 Å². The molecule has 1 heterocycles. The Balaban J connectivity index is 2.48. The van der Waals surface area contributed by atoms with Crippen LogP contribution in [0.5, 0.6) is 0 Å². The zero-order chi connectivity index (χ0) is 11.5. The van der Waals surface area contributed by atoms with Gasteiger partial charge in [0.2, 0.25) is 0 Å². The molecule has 5 heteroatoms. The summed E-state index contributed by atoms with van der Waals surface area (Å²) in [6.07, 6.45) is 2.47. The lowest BCUT2D eigenvalue weighted by Gasteiger charge is -2.04. The number of carboxylic acid groups (broad SMARTS) is 1. The van der Waals surface area contributed by atoms with Crippen LogP contribution in [0.2, 0.25) is 0 Å². The number of carboxylic acids is 1. The van der Waals surface area contributed by atoms with Crippen LogP contribution in [0.25, 0.3) is 5.69 Å². The maximum atomic E-state index is 10.8. The van der Waals surface area contributed by atoms with Crippen molar-refractivity contribution in [1.82, 2.24) is 15.0 Å². The highest BCUT2D eigenvalue weighted by Crippen LogP contribution is 2.12. The maximum absolute atomic E-state index is 10.8. The second-order valence-electron chi connectivity index (χ2n) is 3.35. The third-order valence-electron chi connectivity index (χ3n) is 2.32. The van der Waals surface area contributed by atoms with Crippen molar-refractivity contribution in [3.05, 3.63) is 41.7 Å². The molecular weight excluding hydrogens is 206 g/mol. The van der Waals surface area contributed by atoms with E-state index in [2.05, 4.69) is 10.3 Å². The highest BCUT2D eigenvalue weighted by Gasteiger charge is 2.07. The summed E-state index contributed by atoms with van der Waals surface area (Å²) in [6.45, 7) is 2.00. The molecule has 1 aromatic carbocycles. The summed E-state index contributed by atoms with van der Waals surface area (Å²) in [6, 6.07) is 6.63. The van der Waals surface area contributed by atoms with Crippen molar-refractivity contribution in [3.8, 4) is 5.69 Å². The van der Waals surface area contributed by atoms with Gasteiger partial charge in [-0.2, -0.15) is 0 Å². The molecule has 0 atom stereocenters. The van der Waals surface area contributed by atoms with Crippen LogP contribution in [0.15, 0.2) is 30.5 Å². The van der Waals surface area contributed by atoms with Gasteiger partial charge in [0.25, 0.3) is 0 Å². The Morgan fingerprint density at radius 1 is 1.50 bits per heavy atom. The maximum Gasteiger partial charge on any atom is 0.335 e. The van der Waals surface area contributed by atoms with Crippen LogP contribution in [-0.2, 0) is 6.42 Å². The number of aromatic carboxylic acids is 1. The fourth-order valence-corrected chi connectivity index (χ4v) is 1.49. The molecule has 16 heavy (non-hydrogen) atoms. The Morgan fingerprint density at radius 3 is 3.00 bits per heavy atom. The van der Waals surface area contributed by atoms with Gasteiger partial charge >= 0.3 is 5.97 Å². The van der Waals surface area contributed by atoms with Crippen molar-refractivity contribution in [2.24, 2.45) is 0 Å². The van der Waals surface area contributed by atoms with Gasteiger partial charge in [-0.3, -0.25) is 0 Å². The Labute approximate surface area is 92.3 Å². The average Bonchev–Trinajstić information content (AvgIpc) is 2.77. The highest BCUT2D eigenvalue weighted by molar-refractivity contribution is 5.88. The summed E-state index contributed by atoms with van der Waals surface area (Å²) in [7, 11) is 0. The first-order chi connectivity index (χ1) is 7.72. The van der Waals surface area contributed by atoms with Crippen LogP contribution in [0.4, 0.5) is 0 Å². The fraction of sp³-hybridized carbons (Fsp3) is 0.182. The van der Waals surface area contributed by atoms with E-state index >= 15 is 0 Å². The summed E-state index contributed by atoms with van der Waals surface area (Å²) in [5, 5.41) is 16.6. The first-order valence-corrected chi connectivity index (χ1v) is 4.95. The first-order valence-electron chi connectivity index (χ1n) is 4.95. The van der Waals surface area contributed by atoms with Crippen LogP contribution in [0, 0.1) is 0 Å². The molecule has 0 fully saturated rings. The molecule has 0 bridgehead atoms. The molecule has 0 saturated carbocycles. The zero-order valence-corrected chi connectivity index (χ0v) is 8.79. The van der Waals surface area contributed by atoms with E-state index in [1.165, 1.54) is 0 Å². The number of benzene rings is 1. The SMILES string of the molecule is CCc1cnnn1-c1cccc(C(=O)O)c1. The van der Waals surface area contributed by atoms with Gasteiger partial charge in [0.15, 0.2) is 0 Å². The lowest BCUT2D eigenvalue weighted by molar-refractivity contribution is 0.0697. The minimum absolute atomic E-state index is 0.245. The minimum Gasteiger partial charge on any atom is -0.478 e. The summed E-state index contributed by atoms with van der Waals surface area (Å²) < 4.78 is 1.65. The Bertz CT molecular complexity index is 519. The van der Waals surface area contributed by atoms with E-state index in [1.807, 2.05) is 6.92 Å². The Hall–Kier alpha value is -2.17. The van der Waals surface area contributed by atoms with Gasteiger partial charge in [-0.15, -0.1) is 5.10 Å². The quantitative estimate of drug-likeness (QED) is 0.846. The van der Waals surface area contributed by atoms with Gasteiger partial charge in [-0.1, -0.05) is 18.2 Å². The van der Waals surface area contributed by atoms with Crippen LogP contribution < -0.4 is 0 Å². The molecular formula is C11H11N3O2. The Kier molecular flexibility index (Phi) is 2.68. The van der Waals surface area contributed by atoms with Crippen molar-refractivity contribution in [1.29, 1.82) is 0 Å². The Morgan fingerprint density at radius 2 is 2.31 bits per heavy atom. The normalized spacial score (nSPS) is 10.3. The fourth-order valence-electron chi connectivity index (χ4n) is 1.49. The number of aryl methyl sites for hydroxylation is 1. The molecule has 1 N–H and O–H groups in total. The van der Waals surface area contributed by atoms with Crippen LogP contribution in [0.1, 0.15) is 23.0 Å². The number of hydrogen-bond acceptors (Lipinski definition) is 3. The molecule has 0 saturated heterocycles. The van der Waals surface area contributed by atoms with E-state index in [9.17, 15) is 4.79 Å². The van der Waals surface area contributed by atoms with Crippen molar-refractivity contribution in [2.75, 3.05) is 0 Å². The molecule has 0 spiro atoms. The van der Waals surface area contributed by atoms with Crippen molar-refractivity contribution < 1.29 is 9.90 Å². The van der Waals surface area contributed by atoms with Gasteiger partial charge in [-0.25, -0.2) is 9.48 Å². The number of hydrogen-bond donors (Lipinski definition) is 1. The molecule has 0 aliphatic rings. The topological polar surface area (TPSA) is 68.0 Å². The van der Waals surface area contributed by atoms with Crippen molar-refractivity contribution in [2.45, 2.75) is 13.3 Å². The summed E-state index contributed by atoms with van der Waals surface area (Å²) in [5.41, 5.74) is 1.91. The lowest BCUT2D eigenvalue weighted by Crippen LogP contribution is -2.04. The van der Waals surface area contributed by atoms with E-state index in [4.69, 9.17) is 5.11 Å². The zero-order valence-electron chi connectivity index (χ0n) is 8.79. The van der Waals surface area contributed by atoms with Gasteiger partial charge in [0.1, 0.15) is 0 Å². The number of nitrogens with zero attached hydrogens (tertiary/aromatic N) is 3. The highest BCUT2D eigenvalue weighted by atomic mass is 16.4. The summed E-state index contributed by atoms with van der Waals surface area (Å²) in [4.78, 5) is 10.8. The number of rotatable bonds is 3. The smallest absolute Gasteiger partial charge is 0.335 e. The minimum atomic E-state index is -0.944. The molecule has 0 aliphatic carbocycles. The lowest BCUT2D eigenvalue weighted by atomic mass is 10.2. The van der Waals surface area contributed by atoms with Crippen LogP contribution in [0.3, 0.4) is 0 Å². The summed E-state index contributed by atoms with van der Waals surface area (Å²) >= 11 is 0. The molecule has 0 amide bonds. The van der Waals surface area contributed by atoms with Gasteiger partial charge in [-0.05, 0) is 24.6 Å². The van der Waals surface area contributed by atoms with Gasteiger partial charge in [0, 0.05) is 0 Å². The van der Waals surface area contributed by atoms with E-state index in [0.717, 1.165) is 12.1 Å². The molecule has 2 rings (SSSR count). The first kappa shape index (κ1) is 10.4. The van der Waals surface area contributed by atoms with E-state index in [1.54, 1.807) is 35.1 Å². The predicted octanol–water partition coefficient (Wildman–Crippen LogP) is 1.53. The largest absolute Gasteiger partial charge is 0.478 e. The van der Waals surface area contributed by atoms with Gasteiger partial charge < -0.3 is 5.11 Å². The van der Waals surface area contributed by atoms with Crippen molar-refractivity contribution in [3.63, 3.8) is 0 Å². The predicted molar refractivity (Wildman–Crippen MR) is 57.7 cm³/mol. The average molecular weight is 217 g/mol. The van der Waals surface area contributed by atoms with Crippen LogP contribution in [-0.4, -0.2) is 26.1 Å². The van der Waals surface area contributed by atoms with Gasteiger partial charge in [0.05, 0.1) is 23.1 Å². The monoisotopic (exact) mass is 217 g/mol. The molecule has 1 aromatic heterocycles. The molecule has 0 radical (unpaired) electrons. The molecule has 0 aliphatic heterocycles. The standard InChI is InChI=1S/C11H11N3O2/c1-2-9-7-12-13-14(9)10-5-3-4-8(6-10)11(15)16/h3-7H,2H2,1H3,(H,15,16). The molecule has 2 aromatic rings. The third kappa shape index (κ3) is 1.79. The number of aromatic nitrogens is 3. The molecule has 82 valence electrons. The van der Waals surface area contributed by atoms with E-state index in [0.29, 0.717) is 5.69 Å². The number of carbonyl (C=O) groups is 1. The summed E-state index contributed by atoms with van der Waals surface area (Å²) in [5.74, 6) is -0.944. The molecule has 0 unspecified atom stereocenters. The second kappa shape index (κ2) is 4.14.